The molecule has 2 rings (SSSR count). The van der Waals surface area contributed by atoms with Crippen LogP contribution in [0.1, 0.15) is 23.6 Å². The Hall–Kier alpha value is -1.96. The van der Waals surface area contributed by atoms with Crippen LogP contribution in [0.15, 0.2) is 42.5 Å². The van der Waals surface area contributed by atoms with E-state index in [9.17, 15) is 0 Å². The molecule has 0 amide bonds. The zero-order chi connectivity index (χ0) is 13.0. The molecule has 2 heteroatoms. The minimum absolute atomic E-state index is 0.803. The van der Waals surface area contributed by atoms with Gasteiger partial charge in [0, 0.05) is 6.54 Å². The molecule has 0 spiro atoms. The van der Waals surface area contributed by atoms with Gasteiger partial charge in [0.1, 0.15) is 0 Å². The van der Waals surface area contributed by atoms with Crippen LogP contribution in [0.4, 0.5) is 11.4 Å². The Balaban J connectivity index is 2.02. The van der Waals surface area contributed by atoms with Crippen LogP contribution in [0.3, 0.4) is 0 Å². The number of hydrogen-bond donors (Lipinski definition) is 2. The minimum atomic E-state index is 0.803. The van der Waals surface area contributed by atoms with Crippen LogP contribution in [0.25, 0.3) is 0 Å². The molecule has 2 nitrogen and oxygen atoms in total. The van der Waals surface area contributed by atoms with Crippen LogP contribution >= 0.6 is 0 Å². The fraction of sp³-hybridized carbons (Fsp3) is 0.250. The summed E-state index contributed by atoms with van der Waals surface area (Å²) in [5.74, 6) is 0. The van der Waals surface area contributed by atoms with E-state index in [1.807, 2.05) is 19.1 Å². The molecule has 18 heavy (non-hydrogen) atoms. The molecule has 3 N–H and O–H groups in total. The lowest BCUT2D eigenvalue weighted by Crippen LogP contribution is -2.02. The largest absolute Gasteiger partial charge is 0.397 e. The normalized spacial score (nSPS) is 10.3. The van der Waals surface area contributed by atoms with E-state index >= 15 is 0 Å². The minimum Gasteiger partial charge on any atom is -0.397 e. The first-order valence-electron chi connectivity index (χ1n) is 6.37. The predicted molar refractivity (Wildman–Crippen MR) is 78.7 cm³/mol. The number of anilines is 2. The van der Waals surface area contributed by atoms with Gasteiger partial charge in [0.15, 0.2) is 0 Å². The summed E-state index contributed by atoms with van der Waals surface area (Å²) in [6, 6.07) is 14.8. The maximum Gasteiger partial charge on any atom is 0.0576 e. The summed E-state index contributed by atoms with van der Waals surface area (Å²) < 4.78 is 0. The van der Waals surface area contributed by atoms with Gasteiger partial charge in [-0.2, -0.15) is 0 Å². The molecule has 0 bridgehead atoms. The monoisotopic (exact) mass is 240 g/mol. The smallest absolute Gasteiger partial charge is 0.0576 e. The Bertz CT molecular complexity index is 515. The van der Waals surface area contributed by atoms with Crippen molar-refractivity contribution in [3.8, 4) is 0 Å². The number of nitrogen functional groups attached to an aromatic ring is 1. The lowest BCUT2D eigenvalue weighted by atomic mass is 10.1. The molecular formula is C16H20N2. The molecule has 94 valence electrons. The van der Waals surface area contributed by atoms with Crippen molar-refractivity contribution in [2.45, 2.75) is 26.8 Å². The van der Waals surface area contributed by atoms with E-state index in [1.54, 1.807) is 0 Å². The summed E-state index contributed by atoms with van der Waals surface area (Å²) in [7, 11) is 0. The Morgan fingerprint density at radius 1 is 1.00 bits per heavy atom. The van der Waals surface area contributed by atoms with E-state index in [1.165, 1.54) is 16.7 Å². The lowest BCUT2D eigenvalue weighted by molar-refractivity contribution is 1.11. The second-order valence-corrected chi connectivity index (χ2v) is 4.61. The summed E-state index contributed by atoms with van der Waals surface area (Å²) in [6.45, 7) is 5.02. The summed E-state index contributed by atoms with van der Waals surface area (Å²) >= 11 is 0. The molecule has 0 fully saturated rings. The zero-order valence-electron chi connectivity index (χ0n) is 11.0. The standard InChI is InChI=1S/C16H20N2/c1-3-13-5-7-14(8-6-13)11-18-16-9-4-12(2)10-15(16)17/h4-10,18H,3,11,17H2,1-2H3. The number of hydrogen-bond acceptors (Lipinski definition) is 2. The third-order valence-electron chi connectivity index (χ3n) is 3.12. The van der Waals surface area contributed by atoms with Crippen LogP contribution in [0.2, 0.25) is 0 Å². The summed E-state index contributed by atoms with van der Waals surface area (Å²) in [5.41, 5.74) is 11.6. The van der Waals surface area contributed by atoms with Crippen LogP contribution in [0.5, 0.6) is 0 Å². The SMILES string of the molecule is CCc1ccc(CNc2ccc(C)cc2N)cc1. The van der Waals surface area contributed by atoms with Crippen molar-refractivity contribution >= 4 is 11.4 Å². The van der Waals surface area contributed by atoms with E-state index in [4.69, 9.17) is 5.73 Å². The third kappa shape index (κ3) is 3.04. The number of nitrogens with one attached hydrogen (secondary N) is 1. The number of rotatable bonds is 4. The highest BCUT2D eigenvalue weighted by atomic mass is 14.9. The van der Waals surface area contributed by atoms with Crippen molar-refractivity contribution < 1.29 is 0 Å². The average molecular weight is 240 g/mol. The van der Waals surface area contributed by atoms with Gasteiger partial charge in [-0.05, 0) is 42.2 Å². The Kier molecular flexibility index (Phi) is 3.88. The van der Waals surface area contributed by atoms with Gasteiger partial charge in [-0.1, -0.05) is 37.3 Å². The van der Waals surface area contributed by atoms with Crippen molar-refractivity contribution in [2.75, 3.05) is 11.1 Å². The van der Waals surface area contributed by atoms with Crippen molar-refractivity contribution in [1.29, 1.82) is 0 Å². The van der Waals surface area contributed by atoms with Gasteiger partial charge < -0.3 is 11.1 Å². The predicted octanol–water partition coefficient (Wildman–Crippen LogP) is 3.75. The van der Waals surface area contributed by atoms with Gasteiger partial charge in [-0.15, -0.1) is 0 Å². The van der Waals surface area contributed by atoms with E-state index in [-0.39, 0.29) is 0 Å². The van der Waals surface area contributed by atoms with E-state index in [0.717, 1.165) is 24.3 Å². The highest BCUT2D eigenvalue weighted by Crippen LogP contribution is 2.20. The molecule has 0 saturated carbocycles. The molecule has 0 unspecified atom stereocenters. The quantitative estimate of drug-likeness (QED) is 0.799. The van der Waals surface area contributed by atoms with Crippen molar-refractivity contribution in [1.82, 2.24) is 0 Å². The Morgan fingerprint density at radius 2 is 1.67 bits per heavy atom. The fourth-order valence-corrected chi connectivity index (χ4v) is 1.93. The maximum atomic E-state index is 5.97. The third-order valence-corrected chi connectivity index (χ3v) is 3.12. The summed E-state index contributed by atoms with van der Waals surface area (Å²) in [5, 5.41) is 3.37. The van der Waals surface area contributed by atoms with E-state index in [2.05, 4.69) is 42.6 Å². The van der Waals surface area contributed by atoms with Crippen LogP contribution in [0, 0.1) is 6.92 Å². The molecule has 0 aliphatic heterocycles. The van der Waals surface area contributed by atoms with Gasteiger partial charge in [0.25, 0.3) is 0 Å². The number of benzene rings is 2. The molecule has 0 heterocycles. The molecule has 0 aliphatic carbocycles. The molecular weight excluding hydrogens is 220 g/mol. The van der Waals surface area contributed by atoms with Gasteiger partial charge >= 0.3 is 0 Å². The molecule has 0 aromatic heterocycles. The lowest BCUT2D eigenvalue weighted by Gasteiger charge is -2.10. The highest BCUT2D eigenvalue weighted by molar-refractivity contribution is 5.66. The molecule has 2 aromatic carbocycles. The van der Waals surface area contributed by atoms with Crippen molar-refractivity contribution in [2.24, 2.45) is 0 Å². The van der Waals surface area contributed by atoms with Crippen LogP contribution < -0.4 is 11.1 Å². The highest BCUT2D eigenvalue weighted by Gasteiger charge is 1.99. The Labute approximate surface area is 109 Å². The van der Waals surface area contributed by atoms with Crippen LogP contribution in [-0.2, 0) is 13.0 Å². The Morgan fingerprint density at radius 3 is 2.28 bits per heavy atom. The second-order valence-electron chi connectivity index (χ2n) is 4.61. The zero-order valence-corrected chi connectivity index (χ0v) is 11.0. The topological polar surface area (TPSA) is 38.0 Å². The first-order valence-corrected chi connectivity index (χ1v) is 6.37. The van der Waals surface area contributed by atoms with E-state index in [0.29, 0.717) is 0 Å². The molecule has 0 saturated heterocycles. The number of aryl methyl sites for hydroxylation is 2. The van der Waals surface area contributed by atoms with Gasteiger partial charge in [0.2, 0.25) is 0 Å². The first-order chi connectivity index (χ1) is 8.69. The molecule has 2 aromatic rings. The molecule has 0 atom stereocenters. The molecule has 0 aliphatic rings. The maximum absolute atomic E-state index is 5.97. The fourth-order valence-electron chi connectivity index (χ4n) is 1.93. The van der Waals surface area contributed by atoms with E-state index < -0.39 is 0 Å². The summed E-state index contributed by atoms with van der Waals surface area (Å²) in [6.07, 6.45) is 1.08. The van der Waals surface area contributed by atoms with Gasteiger partial charge in [-0.25, -0.2) is 0 Å². The first kappa shape index (κ1) is 12.5. The van der Waals surface area contributed by atoms with Gasteiger partial charge in [0.05, 0.1) is 11.4 Å². The second kappa shape index (κ2) is 5.58. The van der Waals surface area contributed by atoms with Crippen molar-refractivity contribution in [3.05, 3.63) is 59.2 Å². The van der Waals surface area contributed by atoms with Crippen molar-refractivity contribution in [3.63, 3.8) is 0 Å². The average Bonchev–Trinajstić information content (AvgIpc) is 2.38. The number of nitrogens with two attached hydrogens (primary N) is 1. The molecule has 0 radical (unpaired) electrons. The summed E-state index contributed by atoms with van der Waals surface area (Å²) in [4.78, 5) is 0. The van der Waals surface area contributed by atoms with Crippen LogP contribution in [-0.4, -0.2) is 0 Å². The van der Waals surface area contributed by atoms with Gasteiger partial charge in [-0.3, -0.25) is 0 Å².